The molecule has 0 radical (unpaired) electrons. The Bertz CT molecular complexity index is 552. The first-order valence-corrected chi connectivity index (χ1v) is 7.68. The van der Waals surface area contributed by atoms with Crippen LogP contribution in [0.2, 0.25) is 0 Å². The summed E-state index contributed by atoms with van der Waals surface area (Å²) >= 11 is 0. The molecule has 1 saturated carbocycles. The first kappa shape index (κ1) is 20.6. The molecule has 0 unspecified atom stereocenters. The van der Waals surface area contributed by atoms with Crippen LogP contribution in [0.25, 0.3) is 0 Å². The summed E-state index contributed by atoms with van der Waals surface area (Å²) in [7, 11) is 0. The molecular weight excluding hydrogens is 345 g/mol. The van der Waals surface area contributed by atoms with Crippen molar-refractivity contribution in [3.05, 3.63) is 24.0 Å². The zero-order valence-corrected chi connectivity index (χ0v) is 14.0. The molecule has 1 fully saturated rings. The second-order valence-electron chi connectivity index (χ2n) is 6.01. The molecule has 3 N–H and O–H groups in total. The molecule has 0 bridgehead atoms. The molecular formula is C16H22ClF3N2O2. The fourth-order valence-electron chi connectivity index (χ4n) is 3.08. The quantitative estimate of drug-likeness (QED) is 0.797. The van der Waals surface area contributed by atoms with E-state index in [1.165, 1.54) is 6.07 Å². The maximum atomic E-state index is 13.2. The lowest BCUT2D eigenvalue weighted by molar-refractivity contribution is -0.119. The van der Waals surface area contributed by atoms with E-state index in [1.54, 1.807) is 0 Å². The Balaban J connectivity index is 0.00000288. The van der Waals surface area contributed by atoms with Crippen molar-refractivity contribution >= 4 is 24.0 Å². The van der Waals surface area contributed by atoms with Gasteiger partial charge in [0.1, 0.15) is 5.82 Å². The van der Waals surface area contributed by atoms with Crippen molar-refractivity contribution in [2.24, 2.45) is 11.1 Å². The average Bonchev–Trinajstić information content (AvgIpc) is 2.50. The molecule has 0 spiro atoms. The van der Waals surface area contributed by atoms with Crippen LogP contribution in [0.1, 0.15) is 38.5 Å². The maximum absolute atomic E-state index is 13.2. The van der Waals surface area contributed by atoms with Crippen LogP contribution in [0.15, 0.2) is 18.2 Å². The molecule has 0 heterocycles. The van der Waals surface area contributed by atoms with Gasteiger partial charge in [-0.15, -0.1) is 12.4 Å². The number of rotatable bonds is 6. The van der Waals surface area contributed by atoms with Crippen molar-refractivity contribution < 1.29 is 22.7 Å². The number of carbonyl (C=O) groups is 1. The summed E-state index contributed by atoms with van der Waals surface area (Å²) in [6.45, 7) is -2.69. The van der Waals surface area contributed by atoms with Crippen LogP contribution < -0.4 is 15.8 Å². The first-order valence-electron chi connectivity index (χ1n) is 7.68. The Morgan fingerprint density at radius 3 is 2.54 bits per heavy atom. The van der Waals surface area contributed by atoms with Gasteiger partial charge in [0.25, 0.3) is 0 Å². The molecule has 0 atom stereocenters. The van der Waals surface area contributed by atoms with Crippen molar-refractivity contribution in [2.45, 2.75) is 45.1 Å². The van der Waals surface area contributed by atoms with Gasteiger partial charge in [-0.25, -0.2) is 4.39 Å². The fourth-order valence-corrected chi connectivity index (χ4v) is 3.08. The lowest BCUT2D eigenvalue weighted by atomic mass is 9.71. The third-order valence-electron chi connectivity index (χ3n) is 4.32. The predicted molar refractivity (Wildman–Crippen MR) is 88.1 cm³/mol. The van der Waals surface area contributed by atoms with Crippen LogP contribution >= 0.6 is 12.4 Å². The summed E-state index contributed by atoms with van der Waals surface area (Å²) in [6.07, 6.45) is 5.16. The van der Waals surface area contributed by atoms with Crippen molar-refractivity contribution in [3.63, 3.8) is 0 Å². The molecule has 1 aliphatic carbocycles. The number of carbonyl (C=O) groups excluding carboxylic acids is 1. The van der Waals surface area contributed by atoms with E-state index in [0.717, 1.165) is 44.2 Å². The third-order valence-corrected chi connectivity index (χ3v) is 4.32. The molecule has 8 heteroatoms. The zero-order valence-electron chi connectivity index (χ0n) is 13.2. The van der Waals surface area contributed by atoms with Gasteiger partial charge in [0.2, 0.25) is 5.91 Å². The number of hydrogen-bond acceptors (Lipinski definition) is 3. The summed E-state index contributed by atoms with van der Waals surface area (Å²) < 4.78 is 42.2. The highest BCUT2D eigenvalue weighted by molar-refractivity contribution is 5.92. The van der Waals surface area contributed by atoms with Crippen molar-refractivity contribution in [2.75, 3.05) is 11.9 Å². The second kappa shape index (κ2) is 9.13. The number of halogens is 4. The first-order chi connectivity index (χ1) is 10.9. The van der Waals surface area contributed by atoms with E-state index in [0.29, 0.717) is 6.54 Å². The van der Waals surface area contributed by atoms with Crippen molar-refractivity contribution in [1.29, 1.82) is 0 Å². The van der Waals surface area contributed by atoms with Crippen LogP contribution in [-0.2, 0) is 4.79 Å². The normalized spacial score (nSPS) is 16.4. The predicted octanol–water partition coefficient (Wildman–Crippen LogP) is 4.09. The van der Waals surface area contributed by atoms with Gasteiger partial charge in [-0.1, -0.05) is 19.3 Å². The Morgan fingerprint density at radius 1 is 1.29 bits per heavy atom. The summed E-state index contributed by atoms with van der Waals surface area (Å²) in [5.74, 6) is -1.44. The van der Waals surface area contributed by atoms with E-state index in [9.17, 15) is 18.0 Å². The monoisotopic (exact) mass is 366 g/mol. The molecule has 0 saturated heterocycles. The second-order valence-corrected chi connectivity index (χ2v) is 6.01. The van der Waals surface area contributed by atoms with Gasteiger partial charge in [-0.3, -0.25) is 4.79 Å². The molecule has 0 aliphatic heterocycles. The Morgan fingerprint density at radius 2 is 1.96 bits per heavy atom. The van der Waals surface area contributed by atoms with E-state index in [2.05, 4.69) is 10.1 Å². The zero-order chi connectivity index (χ0) is 16.9. The lowest BCUT2D eigenvalue weighted by Crippen LogP contribution is -2.36. The van der Waals surface area contributed by atoms with Crippen LogP contribution in [-0.4, -0.2) is 19.1 Å². The largest absolute Gasteiger partial charge is 0.432 e. The molecule has 0 aromatic heterocycles. The van der Waals surface area contributed by atoms with Gasteiger partial charge in [0.05, 0.1) is 5.69 Å². The highest BCUT2D eigenvalue weighted by atomic mass is 35.5. The van der Waals surface area contributed by atoms with Crippen LogP contribution in [0.3, 0.4) is 0 Å². The topological polar surface area (TPSA) is 64.4 Å². The molecule has 4 nitrogen and oxygen atoms in total. The van der Waals surface area contributed by atoms with E-state index in [1.807, 2.05) is 0 Å². The molecule has 24 heavy (non-hydrogen) atoms. The molecule has 1 aromatic carbocycles. The number of nitrogens with two attached hydrogens (primary N) is 1. The minimum Gasteiger partial charge on any atom is -0.432 e. The SMILES string of the molecule is Cl.NCC1(CC(=O)Nc2ccc(F)cc2OC(F)F)CCCCC1. The minimum atomic E-state index is -3.10. The molecule has 1 amide bonds. The number of alkyl halides is 2. The highest BCUT2D eigenvalue weighted by Gasteiger charge is 2.33. The smallest absolute Gasteiger partial charge is 0.387 e. The standard InChI is InChI=1S/C16H21F3N2O2.ClH/c17-11-4-5-12(13(8-11)23-15(18)19)21-14(22)9-16(10-20)6-2-1-3-7-16;/h4-5,8,15H,1-3,6-7,9-10,20H2,(H,21,22);1H. The average molecular weight is 367 g/mol. The van der Waals surface area contributed by atoms with Gasteiger partial charge in [0.15, 0.2) is 5.75 Å². The number of nitrogens with one attached hydrogen (secondary N) is 1. The van der Waals surface area contributed by atoms with Crippen molar-refractivity contribution in [3.8, 4) is 5.75 Å². The molecule has 1 aliphatic rings. The molecule has 136 valence electrons. The van der Waals surface area contributed by atoms with Crippen molar-refractivity contribution in [1.82, 2.24) is 0 Å². The molecule has 1 aromatic rings. The van der Waals surface area contributed by atoms with Gasteiger partial charge >= 0.3 is 6.61 Å². The number of anilines is 1. The Labute approximate surface area is 145 Å². The van der Waals surface area contributed by atoms with E-state index < -0.39 is 18.2 Å². The summed E-state index contributed by atoms with van der Waals surface area (Å²) in [5.41, 5.74) is 5.63. The third kappa shape index (κ3) is 5.56. The van der Waals surface area contributed by atoms with Gasteiger partial charge in [-0.05, 0) is 36.9 Å². The van der Waals surface area contributed by atoms with Gasteiger partial charge in [-0.2, -0.15) is 8.78 Å². The van der Waals surface area contributed by atoms with Crippen LogP contribution in [0, 0.1) is 11.2 Å². The van der Waals surface area contributed by atoms with E-state index in [-0.39, 0.29) is 35.8 Å². The van der Waals surface area contributed by atoms with Gasteiger partial charge < -0.3 is 15.8 Å². The Kier molecular flexibility index (Phi) is 7.83. The summed E-state index contributed by atoms with van der Waals surface area (Å²) in [6, 6.07) is 3.11. The summed E-state index contributed by atoms with van der Waals surface area (Å²) in [5, 5.41) is 2.53. The number of hydrogen-bond donors (Lipinski definition) is 2. The van der Waals surface area contributed by atoms with Crippen LogP contribution in [0.5, 0.6) is 5.75 Å². The number of benzene rings is 1. The van der Waals surface area contributed by atoms with E-state index >= 15 is 0 Å². The highest BCUT2D eigenvalue weighted by Crippen LogP contribution is 2.39. The number of ether oxygens (including phenoxy) is 1. The van der Waals surface area contributed by atoms with Gasteiger partial charge in [0, 0.05) is 12.5 Å². The van der Waals surface area contributed by atoms with Crippen LogP contribution in [0.4, 0.5) is 18.9 Å². The lowest BCUT2D eigenvalue weighted by Gasteiger charge is -2.35. The Hall–Kier alpha value is -1.47. The number of amides is 1. The minimum absolute atomic E-state index is 0. The maximum Gasteiger partial charge on any atom is 0.387 e. The summed E-state index contributed by atoms with van der Waals surface area (Å²) in [4.78, 5) is 12.3. The fraction of sp³-hybridized carbons (Fsp3) is 0.562. The molecule has 2 rings (SSSR count). The van der Waals surface area contributed by atoms with E-state index in [4.69, 9.17) is 5.73 Å².